The van der Waals surface area contributed by atoms with E-state index in [0.29, 0.717) is 5.92 Å². The highest BCUT2D eigenvalue weighted by atomic mass is 35.5. The van der Waals surface area contributed by atoms with Crippen molar-refractivity contribution in [3.63, 3.8) is 0 Å². The molecule has 17 heavy (non-hydrogen) atoms. The summed E-state index contributed by atoms with van der Waals surface area (Å²) in [7, 11) is 0. The molecule has 3 rings (SSSR count). The lowest BCUT2D eigenvalue weighted by atomic mass is 9.84. The molecule has 0 spiro atoms. The molecule has 2 saturated carbocycles. The smallest absolute Gasteiger partial charge is 0.123 e. The maximum Gasteiger partial charge on any atom is 0.123 e. The highest BCUT2D eigenvalue weighted by Crippen LogP contribution is 2.50. The van der Waals surface area contributed by atoms with Crippen LogP contribution in [-0.4, -0.2) is 5.38 Å². The third-order valence-corrected chi connectivity index (χ3v) is 5.06. The Morgan fingerprint density at radius 1 is 1.29 bits per heavy atom. The number of fused-ring (bicyclic) bond motifs is 2. The lowest BCUT2D eigenvalue weighted by Crippen LogP contribution is -2.23. The average Bonchev–Trinajstić information content (AvgIpc) is 2.90. The maximum atomic E-state index is 13.1. The van der Waals surface area contributed by atoms with E-state index in [1.54, 1.807) is 12.1 Å². The van der Waals surface area contributed by atoms with Crippen LogP contribution in [0.5, 0.6) is 0 Å². The Labute approximate surface area is 107 Å². The molecular weight excluding hydrogens is 235 g/mol. The van der Waals surface area contributed by atoms with Gasteiger partial charge in [-0.2, -0.15) is 0 Å². The Balaban J connectivity index is 1.65. The fourth-order valence-corrected chi connectivity index (χ4v) is 4.26. The normalized spacial score (nSPS) is 32.9. The van der Waals surface area contributed by atoms with Gasteiger partial charge in [-0.25, -0.2) is 4.39 Å². The van der Waals surface area contributed by atoms with Gasteiger partial charge < -0.3 is 0 Å². The molecule has 92 valence electrons. The maximum absolute atomic E-state index is 13.1. The third-order valence-electron chi connectivity index (χ3n) is 4.58. The van der Waals surface area contributed by atoms with Crippen molar-refractivity contribution in [3.8, 4) is 0 Å². The molecule has 2 aliphatic rings. The standard InChI is InChI=1S/C15H18ClF/c16-15(9-10-2-1-3-13(17)7-10)14-8-11-4-5-12(14)6-11/h1-3,7,11-12,14-15H,4-6,8-9H2. The van der Waals surface area contributed by atoms with Crippen molar-refractivity contribution in [2.24, 2.45) is 17.8 Å². The summed E-state index contributed by atoms with van der Waals surface area (Å²) in [6.45, 7) is 0. The number of halogens is 2. The highest BCUT2D eigenvalue weighted by molar-refractivity contribution is 6.21. The minimum atomic E-state index is -0.153. The van der Waals surface area contributed by atoms with Gasteiger partial charge in [-0.15, -0.1) is 11.6 Å². The van der Waals surface area contributed by atoms with Crippen LogP contribution in [0, 0.1) is 23.6 Å². The first-order valence-corrected chi connectivity index (χ1v) is 7.04. The molecule has 2 aliphatic carbocycles. The van der Waals surface area contributed by atoms with Crippen molar-refractivity contribution >= 4 is 11.6 Å². The van der Waals surface area contributed by atoms with Crippen LogP contribution in [0.25, 0.3) is 0 Å². The fraction of sp³-hybridized carbons (Fsp3) is 0.600. The summed E-state index contributed by atoms with van der Waals surface area (Å²) in [4.78, 5) is 0. The molecule has 1 aromatic rings. The van der Waals surface area contributed by atoms with Gasteiger partial charge in [-0.1, -0.05) is 18.6 Å². The van der Waals surface area contributed by atoms with Gasteiger partial charge >= 0.3 is 0 Å². The summed E-state index contributed by atoms with van der Waals surface area (Å²) >= 11 is 6.55. The summed E-state index contributed by atoms with van der Waals surface area (Å²) in [5.74, 6) is 2.29. The summed E-state index contributed by atoms with van der Waals surface area (Å²) < 4.78 is 13.1. The Morgan fingerprint density at radius 2 is 2.18 bits per heavy atom. The first-order chi connectivity index (χ1) is 8.22. The van der Waals surface area contributed by atoms with Gasteiger partial charge in [-0.05, 0) is 61.1 Å². The lowest BCUT2D eigenvalue weighted by Gasteiger charge is -2.26. The summed E-state index contributed by atoms with van der Waals surface area (Å²) in [5.41, 5.74) is 1.03. The minimum absolute atomic E-state index is 0.153. The largest absolute Gasteiger partial charge is 0.207 e. The van der Waals surface area contributed by atoms with Crippen molar-refractivity contribution in [1.29, 1.82) is 0 Å². The molecule has 0 radical (unpaired) electrons. The predicted molar refractivity (Wildman–Crippen MR) is 68.7 cm³/mol. The van der Waals surface area contributed by atoms with Gasteiger partial charge in [-0.3, -0.25) is 0 Å². The van der Waals surface area contributed by atoms with Crippen LogP contribution in [0.3, 0.4) is 0 Å². The Kier molecular flexibility index (Phi) is 3.12. The van der Waals surface area contributed by atoms with Crippen LogP contribution in [0.1, 0.15) is 31.2 Å². The van der Waals surface area contributed by atoms with Crippen molar-refractivity contribution in [1.82, 2.24) is 0 Å². The summed E-state index contributed by atoms with van der Waals surface area (Å²) in [5, 5.41) is 0.187. The zero-order chi connectivity index (χ0) is 11.8. The molecule has 0 nitrogen and oxygen atoms in total. The second kappa shape index (κ2) is 4.61. The van der Waals surface area contributed by atoms with Gasteiger partial charge in [0.2, 0.25) is 0 Å². The number of rotatable bonds is 3. The number of alkyl halides is 1. The predicted octanol–water partition coefficient (Wildman–Crippen LogP) is 4.41. The Hall–Kier alpha value is -0.560. The molecule has 0 aliphatic heterocycles. The van der Waals surface area contributed by atoms with E-state index < -0.39 is 0 Å². The molecule has 0 N–H and O–H groups in total. The van der Waals surface area contributed by atoms with Crippen LogP contribution >= 0.6 is 11.6 Å². The van der Waals surface area contributed by atoms with Crippen molar-refractivity contribution < 1.29 is 4.39 Å². The zero-order valence-electron chi connectivity index (χ0n) is 9.91. The van der Waals surface area contributed by atoms with E-state index in [9.17, 15) is 4.39 Å². The molecule has 2 heteroatoms. The molecule has 2 bridgehead atoms. The van der Waals surface area contributed by atoms with Crippen LogP contribution < -0.4 is 0 Å². The molecule has 4 unspecified atom stereocenters. The summed E-state index contributed by atoms with van der Waals surface area (Å²) in [6.07, 6.45) is 6.27. The van der Waals surface area contributed by atoms with Gasteiger partial charge in [0.05, 0.1) is 0 Å². The molecule has 2 fully saturated rings. The van der Waals surface area contributed by atoms with Crippen LogP contribution in [0.4, 0.5) is 4.39 Å². The van der Waals surface area contributed by atoms with E-state index in [-0.39, 0.29) is 11.2 Å². The van der Waals surface area contributed by atoms with Crippen molar-refractivity contribution in [2.45, 2.75) is 37.5 Å². The molecule has 0 heterocycles. The number of benzene rings is 1. The minimum Gasteiger partial charge on any atom is -0.207 e. The van der Waals surface area contributed by atoms with E-state index in [4.69, 9.17) is 11.6 Å². The van der Waals surface area contributed by atoms with Gasteiger partial charge in [0.1, 0.15) is 5.82 Å². The van der Waals surface area contributed by atoms with Crippen LogP contribution in [-0.2, 0) is 6.42 Å². The Morgan fingerprint density at radius 3 is 2.82 bits per heavy atom. The quantitative estimate of drug-likeness (QED) is 0.699. The average molecular weight is 253 g/mol. The lowest BCUT2D eigenvalue weighted by molar-refractivity contribution is 0.319. The van der Waals surface area contributed by atoms with Gasteiger partial charge in [0.15, 0.2) is 0 Å². The SMILES string of the molecule is Fc1cccc(CC(Cl)C2CC3CCC2C3)c1. The third kappa shape index (κ3) is 2.35. The van der Waals surface area contributed by atoms with E-state index in [1.165, 1.54) is 31.7 Å². The molecule has 0 amide bonds. The second-order valence-corrected chi connectivity index (χ2v) is 6.25. The number of hydrogen-bond acceptors (Lipinski definition) is 0. The van der Waals surface area contributed by atoms with Gasteiger partial charge in [0, 0.05) is 5.38 Å². The second-order valence-electron chi connectivity index (χ2n) is 5.69. The number of hydrogen-bond donors (Lipinski definition) is 0. The van der Waals surface area contributed by atoms with Crippen molar-refractivity contribution in [3.05, 3.63) is 35.6 Å². The van der Waals surface area contributed by atoms with E-state index >= 15 is 0 Å². The summed E-state index contributed by atoms with van der Waals surface area (Å²) in [6, 6.07) is 6.85. The van der Waals surface area contributed by atoms with Crippen LogP contribution in [0.15, 0.2) is 24.3 Å². The van der Waals surface area contributed by atoms with E-state index in [0.717, 1.165) is 23.8 Å². The monoisotopic (exact) mass is 252 g/mol. The van der Waals surface area contributed by atoms with E-state index in [1.807, 2.05) is 6.07 Å². The molecule has 0 aromatic heterocycles. The zero-order valence-corrected chi connectivity index (χ0v) is 10.7. The molecule has 1 aromatic carbocycles. The molecule has 0 saturated heterocycles. The van der Waals surface area contributed by atoms with E-state index in [2.05, 4.69) is 0 Å². The first-order valence-electron chi connectivity index (χ1n) is 6.61. The Bertz CT molecular complexity index is 404. The van der Waals surface area contributed by atoms with Gasteiger partial charge in [0.25, 0.3) is 0 Å². The molecule has 4 atom stereocenters. The highest BCUT2D eigenvalue weighted by Gasteiger charge is 2.42. The topological polar surface area (TPSA) is 0 Å². The fourth-order valence-electron chi connectivity index (χ4n) is 3.78. The van der Waals surface area contributed by atoms with Crippen molar-refractivity contribution in [2.75, 3.05) is 0 Å². The molecular formula is C15H18ClF. The van der Waals surface area contributed by atoms with Crippen LogP contribution in [0.2, 0.25) is 0 Å². The first kappa shape index (κ1) is 11.5.